The van der Waals surface area contributed by atoms with Gasteiger partial charge in [0, 0.05) is 13.1 Å². The summed E-state index contributed by atoms with van der Waals surface area (Å²) in [7, 11) is 1.32. The number of amides is 2. The third kappa shape index (κ3) is 4.43. The topological polar surface area (TPSA) is 59.1 Å². The molecule has 0 spiro atoms. The summed E-state index contributed by atoms with van der Waals surface area (Å²) in [6.45, 7) is 2.03. The van der Waals surface area contributed by atoms with E-state index in [2.05, 4.69) is 4.74 Å². The van der Waals surface area contributed by atoms with Gasteiger partial charge in [-0.2, -0.15) is 0 Å². The van der Waals surface area contributed by atoms with Gasteiger partial charge in [0.15, 0.2) is 0 Å². The number of anilines is 1. The zero-order valence-corrected chi connectivity index (χ0v) is 15.1. The highest BCUT2D eigenvalue weighted by Crippen LogP contribution is 2.23. The fraction of sp³-hybridized carbons (Fsp3) is 0.300. The molecule has 7 heteroatoms. The summed E-state index contributed by atoms with van der Waals surface area (Å²) in [5, 5.41) is 0. The number of benzene rings is 2. The summed E-state index contributed by atoms with van der Waals surface area (Å²) >= 11 is 0. The lowest BCUT2D eigenvalue weighted by Gasteiger charge is -2.33. The molecular formula is C20H21FN2O4. The maximum atomic E-state index is 14.4. The lowest BCUT2D eigenvalue weighted by molar-refractivity contribution is 0.0547. The van der Waals surface area contributed by atoms with Crippen molar-refractivity contribution in [3.05, 3.63) is 65.5 Å². The van der Waals surface area contributed by atoms with E-state index in [-0.39, 0.29) is 18.3 Å². The van der Waals surface area contributed by atoms with Gasteiger partial charge in [0.05, 0.1) is 38.1 Å². The number of halogens is 1. The second-order valence-corrected chi connectivity index (χ2v) is 6.11. The molecule has 2 aromatic rings. The average Bonchev–Trinajstić information content (AvgIpc) is 2.72. The number of morpholine rings is 1. The number of para-hydroxylation sites is 1. The number of hydrogen-bond donors (Lipinski definition) is 0. The third-order valence-electron chi connectivity index (χ3n) is 4.37. The summed E-state index contributed by atoms with van der Waals surface area (Å²) in [4.78, 5) is 27.7. The molecule has 1 aliphatic heterocycles. The molecule has 142 valence electrons. The predicted molar refractivity (Wildman–Crippen MR) is 98.2 cm³/mol. The SMILES string of the molecule is COC(=O)c1ccc(CN(C(=O)N2CCOCC2)c2ccccc2F)cc1. The van der Waals surface area contributed by atoms with Crippen molar-refractivity contribution in [3.63, 3.8) is 0 Å². The van der Waals surface area contributed by atoms with Gasteiger partial charge < -0.3 is 14.4 Å². The minimum atomic E-state index is -0.467. The van der Waals surface area contributed by atoms with Crippen LogP contribution in [-0.4, -0.2) is 50.3 Å². The van der Waals surface area contributed by atoms with Crippen LogP contribution in [0.1, 0.15) is 15.9 Å². The molecular weight excluding hydrogens is 351 g/mol. The maximum absolute atomic E-state index is 14.4. The van der Waals surface area contributed by atoms with E-state index in [1.165, 1.54) is 18.1 Å². The van der Waals surface area contributed by atoms with Crippen molar-refractivity contribution in [3.8, 4) is 0 Å². The third-order valence-corrected chi connectivity index (χ3v) is 4.37. The molecule has 0 atom stereocenters. The van der Waals surface area contributed by atoms with E-state index < -0.39 is 11.8 Å². The first-order valence-corrected chi connectivity index (χ1v) is 8.66. The van der Waals surface area contributed by atoms with Gasteiger partial charge in [-0.1, -0.05) is 24.3 Å². The Hall–Kier alpha value is -2.93. The van der Waals surface area contributed by atoms with Gasteiger partial charge in [-0.15, -0.1) is 0 Å². The van der Waals surface area contributed by atoms with Gasteiger partial charge in [0.2, 0.25) is 0 Å². The first kappa shape index (κ1) is 18.8. The number of esters is 1. The van der Waals surface area contributed by atoms with Gasteiger partial charge in [0.25, 0.3) is 0 Å². The summed E-state index contributed by atoms with van der Waals surface area (Å²) in [6.07, 6.45) is 0. The fourth-order valence-corrected chi connectivity index (χ4v) is 2.90. The second kappa shape index (κ2) is 8.64. The Morgan fingerprint density at radius 2 is 1.78 bits per heavy atom. The van der Waals surface area contributed by atoms with Crippen molar-refractivity contribution < 1.29 is 23.5 Å². The molecule has 3 rings (SSSR count). The van der Waals surface area contributed by atoms with Gasteiger partial charge >= 0.3 is 12.0 Å². The molecule has 0 saturated carbocycles. The van der Waals surface area contributed by atoms with Crippen LogP contribution in [0.5, 0.6) is 0 Å². The first-order valence-electron chi connectivity index (χ1n) is 8.66. The summed E-state index contributed by atoms with van der Waals surface area (Å²) in [5.41, 5.74) is 1.40. The van der Waals surface area contributed by atoms with Crippen LogP contribution in [-0.2, 0) is 16.0 Å². The van der Waals surface area contributed by atoms with Crippen LogP contribution in [0.3, 0.4) is 0 Å². The van der Waals surface area contributed by atoms with Crippen molar-refractivity contribution in [1.29, 1.82) is 0 Å². The van der Waals surface area contributed by atoms with Gasteiger partial charge in [-0.3, -0.25) is 4.90 Å². The molecule has 0 aliphatic carbocycles. The average molecular weight is 372 g/mol. The number of hydrogen-bond acceptors (Lipinski definition) is 4. The quantitative estimate of drug-likeness (QED) is 0.774. The lowest BCUT2D eigenvalue weighted by atomic mass is 10.1. The number of methoxy groups -OCH3 is 1. The molecule has 1 fully saturated rings. The number of rotatable bonds is 4. The summed E-state index contributed by atoms with van der Waals surface area (Å²) < 4.78 is 24.4. The smallest absolute Gasteiger partial charge is 0.337 e. The number of nitrogens with zero attached hydrogens (tertiary/aromatic N) is 2. The number of ether oxygens (including phenoxy) is 2. The predicted octanol–water partition coefficient (Wildman–Crippen LogP) is 3.07. The Balaban J connectivity index is 1.86. The molecule has 0 unspecified atom stereocenters. The summed E-state index contributed by atoms with van der Waals surface area (Å²) in [5.74, 6) is -0.901. The molecule has 2 amide bonds. The Morgan fingerprint density at radius 3 is 2.41 bits per heavy atom. The van der Waals surface area contributed by atoms with Crippen molar-refractivity contribution >= 4 is 17.7 Å². The van der Waals surface area contributed by atoms with E-state index in [9.17, 15) is 14.0 Å². The standard InChI is InChI=1S/C20H21FN2O4/c1-26-19(24)16-8-6-15(7-9-16)14-23(18-5-3-2-4-17(18)21)20(25)22-10-12-27-13-11-22/h2-9H,10-14H2,1H3. The first-order chi connectivity index (χ1) is 13.1. The van der Waals surface area contributed by atoms with Crippen LogP contribution >= 0.6 is 0 Å². The second-order valence-electron chi connectivity index (χ2n) is 6.11. The molecule has 27 heavy (non-hydrogen) atoms. The van der Waals surface area contributed by atoms with E-state index in [0.717, 1.165) is 5.56 Å². The molecule has 6 nitrogen and oxygen atoms in total. The van der Waals surface area contributed by atoms with Crippen molar-refractivity contribution in [1.82, 2.24) is 4.90 Å². The van der Waals surface area contributed by atoms with Crippen molar-refractivity contribution in [2.45, 2.75) is 6.54 Å². The minimum absolute atomic E-state index is 0.179. The zero-order chi connectivity index (χ0) is 19.2. The molecule has 0 bridgehead atoms. The number of carbonyl (C=O) groups is 2. The van der Waals surface area contributed by atoms with E-state index >= 15 is 0 Å². The summed E-state index contributed by atoms with van der Waals surface area (Å²) in [6, 6.07) is 12.6. The van der Waals surface area contributed by atoms with Crippen LogP contribution in [0.4, 0.5) is 14.9 Å². The highest BCUT2D eigenvalue weighted by Gasteiger charge is 2.26. The minimum Gasteiger partial charge on any atom is -0.465 e. The van der Waals surface area contributed by atoms with Gasteiger partial charge in [-0.25, -0.2) is 14.0 Å². The van der Waals surface area contributed by atoms with Gasteiger partial charge in [0.1, 0.15) is 5.82 Å². The molecule has 0 radical (unpaired) electrons. The Morgan fingerprint density at radius 1 is 1.11 bits per heavy atom. The van der Waals surface area contributed by atoms with E-state index in [0.29, 0.717) is 31.9 Å². The molecule has 1 heterocycles. The molecule has 0 aromatic heterocycles. The molecule has 0 N–H and O–H groups in total. The zero-order valence-electron chi connectivity index (χ0n) is 15.1. The largest absolute Gasteiger partial charge is 0.465 e. The Bertz CT molecular complexity index is 804. The highest BCUT2D eigenvalue weighted by atomic mass is 19.1. The molecule has 1 aliphatic rings. The van der Waals surface area contributed by atoms with Crippen LogP contribution in [0, 0.1) is 5.82 Å². The van der Waals surface area contributed by atoms with Crippen LogP contribution in [0.2, 0.25) is 0 Å². The van der Waals surface area contributed by atoms with Gasteiger partial charge in [-0.05, 0) is 29.8 Å². The van der Waals surface area contributed by atoms with Crippen molar-refractivity contribution in [2.24, 2.45) is 0 Å². The molecule has 1 saturated heterocycles. The van der Waals surface area contributed by atoms with Crippen molar-refractivity contribution in [2.75, 3.05) is 38.3 Å². The lowest BCUT2D eigenvalue weighted by Crippen LogP contribution is -2.48. The maximum Gasteiger partial charge on any atom is 0.337 e. The highest BCUT2D eigenvalue weighted by molar-refractivity contribution is 5.92. The van der Waals surface area contributed by atoms with Crippen LogP contribution < -0.4 is 4.90 Å². The van der Waals surface area contributed by atoms with E-state index in [1.54, 1.807) is 47.4 Å². The van der Waals surface area contributed by atoms with Crippen LogP contribution in [0.15, 0.2) is 48.5 Å². The molecule has 2 aromatic carbocycles. The fourth-order valence-electron chi connectivity index (χ4n) is 2.90. The van der Waals surface area contributed by atoms with E-state index in [1.807, 2.05) is 0 Å². The number of carbonyl (C=O) groups excluding carboxylic acids is 2. The normalized spacial score (nSPS) is 13.9. The Labute approximate surface area is 157 Å². The van der Waals surface area contributed by atoms with E-state index in [4.69, 9.17) is 4.74 Å². The monoisotopic (exact) mass is 372 g/mol. The van der Waals surface area contributed by atoms with Crippen LogP contribution in [0.25, 0.3) is 0 Å². The number of urea groups is 1. The Kier molecular flexibility index (Phi) is 6.03.